The lowest BCUT2D eigenvalue weighted by Gasteiger charge is -2.53. The van der Waals surface area contributed by atoms with Gasteiger partial charge in [-0.3, -0.25) is 9.69 Å². The zero-order chi connectivity index (χ0) is 16.5. The fourth-order valence-corrected chi connectivity index (χ4v) is 3.97. The highest BCUT2D eigenvalue weighted by Gasteiger charge is 2.43. The SMILES string of the molecule is Cc1ccc(C(=O)N2CC[C@@H]3CN(Cc4ccccc4)[C@@H]3C2)cc1. The van der Waals surface area contributed by atoms with Gasteiger partial charge in [0.1, 0.15) is 0 Å². The second-order valence-corrected chi connectivity index (χ2v) is 7.15. The quantitative estimate of drug-likeness (QED) is 0.866. The summed E-state index contributed by atoms with van der Waals surface area (Å²) in [6.07, 6.45) is 1.13. The Bertz CT molecular complexity index is 710. The number of rotatable bonds is 3. The lowest BCUT2D eigenvalue weighted by Crippen LogP contribution is -2.64. The number of hydrogen-bond donors (Lipinski definition) is 0. The van der Waals surface area contributed by atoms with Gasteiger partial charge in [-0.15, -0.1) is 0 Å². The third-order valence-electron chi connectivity index (χ3n) is 5.47. The first kappa shape index (κ1) is 15.4. The predicted octanol–water partition coefficient (Wildman–Crippen LogP) is 3.34. The number of aryl methyl sites for hydroxylation is 1. The van der Waals surface area contributed by atoms with Crippen LogP contribution in [0.15, 0.2) is 54.6 Å². The van der Waals surface area contributed by atoms with Crippen LogP contribution in [0.4, 0.5) is 0 Å². The molecule has 2 aromatic carbocycles. The third-order valence-corrected chi connectivity index (χ3v) is 5.47. The molecule has 2 heterocycles. The van der Waals surface area contributed by atoms with Crippen molar-refractivity contribution >= 4 is 5.91 Å². The number of carbonyl (C=O) groups is 1. The molecule has 3 nitrogen and oxygen atoms in total. The van der Waals surface area contributed by atoms with Crippen LogP contribution < -0.4 is 0 Å². The molecular formula is C21H24N2O. The molecule has 0 bridgehead atoms. The van der Waals surface area contributed by atoms with E-state index >= 15 is 0 Å². The number of likely N-dealkylation sites (tertiary alicyclic amines) is 2. The summed E-state index contributed by atoms with van der Waals surface area (Å²) in [7, 11) is 0. The van der Waals surface area contributed by atoms with Gasteiger partial charge in [0.15, 0.2) is 0 Å². The molecule has 2 aromatic rings. The summed E-state index contributed by atoms with van der Waals surface area (Å²) in [6.45, 7) is 5.98. The maximum atomic E-state index is 12.8. The molecule has 0 unspecified atom stereocenters. The molecule has 124 valence electrons. The van der Waals surface area contributed by atoms with Gasteiger partial charge in [-0.1, -0.05) is 48.0 Å². The van der Waals surface area contributed by atoms with Crippen LogP contribution in [0.25, 0.3) is 0 Å². The van der Waals surface area contributed by atoms with Gasteiger partial charge in [0.25, 0.3) is 5.91 Å². The summed E-state index contributed by atoms with van der Waals surface area (Å²) in [6, 6.07) is 19.1. The van der Waals surface area contributed by atoms with Crippen LogP contribution in [0.2, 0.25) is 0 Å². The summed E-state index contributed by atoms with van der Waals surface area (Å²) >= 11 is 0. The van der Waals surface area contributed by atoms with Crippen molar-refractivity contribution in [2.75, 3.05) is 19.6 Å². The van der Waals surface area contributed by atoms with Gasteiger partial charge in [-0.05, 0) is 37.0 Å². The second-order valence-electron chi connectivity index (χ2n) is 7.15. The molecule has 2 fully saturated rings. The molecule has 0 aliphatic carbocycles. The average Bonchev–Trinajstić information content (AvgIpc) is 2.61. The average molecular weight is 320 g/mol. The van der Waals surface area contributed by atoms with E-state index in [1.165, 1.54) is 17.7 Å². The van der Waals surface area contributed by atoms with Crippen molar-refractivity contribution in [3.63, 3.8) is 0 Å². The predicted molar refractivity (Wildman–Crippen MR) is 95.8 cm³/mol. The van der Waals surface area contributed by atoms with Crippen molar-refractivity contribution in [3.8, 4) is 0 Å². The normalized spacial score (nSPS) is 23.5. The van der Waals surface area contributed by atoms with Crippen LogP contribution in [-0.4, -0.2) is 41.4 Å². The minimum absolute atomic E-state index is 0.181. The molecule has 0 spiro atoms. The van der Waals surface area contributed by atoms with Gasteiger partial charge in [0.2, 0.25) is 0 Å². The van der Waals surface area contributed by atoms with Gasteiger partial charge >= 0.3 is 0 Å². The lowest BCUT2D eigenvalue weighted by atomic mass is 9.81. The Morgan fingerprint density at radius 2 is 1.79 bits per heavy atom. The molecule has 3 heteroatoms. The Labute approximate surface area is 143 Å². The van der Waals surface area contributed by atoms with E-state index in [0.717, 1.165) is 37.5 Å². The number of amides is 1. The van der Waals surface area contributed by atoms with Gasteiger partial charge < -0.3 is 4.90 Å². The highest BCUT2D eigenvalue weighted by Crippen LogP contribution is 2.34. The smallest absolute Gasteiger partial charge is 0.253 e. The zero-order valence-corrected chi connectivity index (χ0v) is 14.2. The molecule has 4 rings (SSSR count). The molecule has 2 aliphatic rings. The van der Waals surface area contributed by atoms with E-state index in [9.17, 15) is 4.79 Å². The summed E-state index contributed by atoms with van der Waals surface area (Å²) in [4.78, 5) is 17.3. The minimum atomic E-state index is 0.181. The van der Waals surface area contributed by atoms with Crippen LogP contribution >= 0.6 is 0 Å². The van der Waals surface area contributed by atoms with Gasteiger partial charge in [-0.25, -0.2) is 0 Å². The Morgan fingerprint density at radius 3 is 2.54 bits per heavy atom. The van der Waals surface area contributed by atoms with Crippen molar-refractivity contribution in [1.82, 2.24) is 9.80 Å². The summed E-state index contributed by atoms with van der Waals surface area (Å²) in [5, 5.41) is 0. The molecule has 0 aromatic heterocycles. The maximum Gasteiger partial charge on any atom is 0.253 e. The largest absolute Gasteiger partial charge is 0.337 e. The Hall–Kier alpha value is -2.13. The van der Waals surface area contributed by atoms with Crippen LogP contribution in [0, 0.1) is 12.8 Å². The monoisotopic (exact) mass is 320 g/mol. The van der Waals surface area contributed by atoms with Crippen LogP contribution in [0.3, 0.4) is 0 Å². The Kier molecular flexibility index (Phi) is 4.11. The van der Waals surface area contributed by atoms with Crippen LogP contribution in [0.5, 0.6) is 0 Å². The van der Waals surface area contributed by atoms with Crippen molar-refractivity contribution < 1.29 is 4.79 Å². The van der Waals surface area contributed by atoms with Gasteiger partial charge in [0.05, 0.1) is 0 Å². The molecule has 2 atom stereocenters. The summed E-state index contributed by atoms with van der Waals surface area (Å²) in [5.41, 5.74) is 3.37. The first-order valence-electron chi connectivity index (χ1n) is 8.84. The highest BCUT2D eigenvalue weighted by molar-refractivity contribution is 5.94. The fraction of sp³-hybridized carbons (Fsp3) is 0.381. The van der Waals surface area contributed by atoms with Crippen molar-refractivity contribution in [1.29, 1.82) is 0 Å². The third kappa shape index (κ3) is 2.96. The minimum Gasteiger partial charge on any atom is -0.337 e. The topological polar surface area (TPSA) is 23.6 Å². The molecule has 1 amide bonds. The van der Waals surface area contributed by atoms with Gasteiger partial charge in [0, 0.05) is 37.8 Å². The van der Waals surface area contributed by atoms with Gasteiger partial charge in [-0.2, -0.15) is 0 Å². The molecule has 2 saturated heterocycles. The molecule has 0 N–H and O–H groups in total. The van der Waals surface area contributed by atoms with Crippen LogP contribution in [0.1, 0.15) is 27.9 Å². The lowest BCUT2D eigenvalue weighted by molar-refractivity contribution is -0.0427. The van der Waals surface area contributed by atoms with Crippen molar-refractivity contribution in [2.24, 2.45) is 5.92 Å². The van der Waals surface area contributed by atoms with E-state index in [0.29, 0.717) is 6.04 Å². The van der Waals surface area contributed by atoms with E-state index in [1.54, 1.807) is 0 Å². The van der Waals surface area contributed by atoms with E-state index in [-0.39, 0.29) is 5.91 Å². The number of nitrogens with zero attached hydrogens (tertiary/aromatic N) is 2. The molecular weight excluding hydrogens is 296 g/mol. The Balaban J connectivity index is 1.41. The van der Waals surface area contributed by atoms with Crippen molar-refractivity contribution in [2.45, 2.75) is 25.9 Å². The Morgan fingerprint density at radius 1 is 1.04 bits per heavy atom. The second kappa shape index (κ2) is 6.40. The first-order chi connectivity index (χ1) is 11.7. The number of hydrogen-bond acceptors (Lipinski definition) is 2. The summed E-state index contributed by atoms with van der Waals surface area (Å²) in [5.74, 6) is 0.941. The molecule has 2 aliphatic heterocycles. The maximum absolute atomic E-state index is 12.8. The molecule has 0 saturated carbocycles. The van der Waals surface area contributed by atoms with E-state index in [4.69, 9.17) is 0 Å². The van der Waals surface area contributed by atoms with E-state index in [2.05, 4.69) is 42.2 Å². The number of benzene rings is 2. The standard InChI is InChI=1S/C21H24N2O/c1-16-7-9-18(10-8-16)21(24)22-12-11-19-14-23(20(19)15-22)13-17-5-3-2-4-6-17/h2-10,19-20H,11-15H2,1H3/t19-,20-/m1/s1. The zero-order valence-electron chi connectivity index (χ0n) is 14.2. The number of fused-ring (bicyclic) bond motifs is 1. The highest BCUT2D eigenvalue weighted by atomic mass is 16.2. The van der Waals surface area contributed by atoms with Crippen molar-refractivity contribution in [3.05, 3.63) is 71.3 Å². The fourth-order valence-electron chi connectivity index (χ4n) is 3.97. The number of carbonyl (C=O) groups excluding carboxylic acids is 1. The molecule has 0 radical (unpaired) electrons. The summed E-state index contributed by atoms with van der Waals surface area (Å²) < 4.78 is 0. The molecule has 24 heavy (non-hydrogen) atoms. The van der Waals surface area contributed by atoms with E-state index < -0.39 is 0 Å². The first-order valence-corrected chi connectivity index (χ1v) is 8.84. The van der Waals surface area contributed by atoms with Crippen LogP contribution in [-0.2, 0) is 6.54 Å². The van der Waals surface area contributed by atoms with E-state index in [1.807, 2.05) is 29.2 Å². The number of piperidine rings is 1.